The fourth-order valence-corrected chi connectivity index (χ4v) is 4.96. The van der Waals surface area contributed by atoms with Crippen LogP contribution in [-0.4, -0.2) is 21.7 Å². The van der Waals surface area contributed by atoms with E-state index in [4.69, 9.17) is 12.2 Å². The lowest BCUT2D eigenvalue weighted by Crippen LogP contribution is -2.19. The topological polar surface area (TPSA) is 113 Å². The van der Waals surface area contributed by atoms with Crippen molar-refractivity contribution >= 4 is 63.5 Å². The molecule has 1 unspecified atom stereocenters. The maximum Gasteiger partial charge on any atom is 0.269 e. The molecule has 0 bridgehead atoms. The molecule has 0 aliphatic rings. The fourth-order valence-electron chi connectivity index (χ4n) is 3.64. The Morgan fingerprint density at radius 3 is 2.05 bits per heavy atom. The minimum absolute atomic E-state index is 0.00759. The SMILES string of the molecule is CC(=O)c1ccc(NC(=S)Nc2cccc(SC(C(=O)Nc3ccc([N+](=O)[O-])cc3)c3ccccc3)c2)cc1. The van der Waals surface area contributed by atoms with Crippen LogP contribution in [0.1, 0.15) is 28.1 Å². The summed E-state index contributed by atoms with van der Waals surface area (Å²) in [5.41, 5.74) is 3.33. The molecule has 196 valence electrons. The largest absolute Gasteiger partial charge is 0.332 e. The van der Waals surface area contributed by atoms with Gasteiger partial charge in [0.2, 0.25) is 5.91 Å². The van der Waals surface area contributed by atoms with E-state index >= 15 is 0 Å². The molecule has 8 nitrogen and oxygen atoms in total. The van der Waals surface area contributed by atoms with Crippen LogP contribution >= 0.6 is 24.0 Å². The van der Waals surface area contributed by atoms with Gasteiger partial charge in [-0.05, 0) is 79.3 Å². The molecule has 4 aromatic carbocycles. The molecule has 1 atom stereocenters. The zero-order chi connectivity index (χ0) is 27.8. The van der Waals surface area contributed by atoms with E-state index in [9.17, 15) is 19.7 Å². The van der Waals surface area contributed by atoms with Crippen LogP contribution in [0.15, 0.2) is 108 Å². The van der Waals surface area contributed by atoms with Crippen LogP contribution in [0.3, 0.4) is 0 Å². The zero-order valence-electron chi connectivity index (χ0n) is 20.8. The lowest BCUT2D eigenvalue weighted by Gasteiger charge is -2.18. The van der Waals surface area contributed by atoms with E-state index in [2.05, 4.69) is 16.0 Å². The number of thiocarbonyl (C=S) groups is 1. The van der Waals surface area contributed by atoms with Crippen molar-refractivity contribution in [2.45, 2.75) is 17.1 Å². The minimum atomic E-state index is -0.582. The number of Topliss-reactive ketones (excluding diaryl/α,β-unsaturated/α-hetero) is 1. The molecule has 0 radical (unpaired) electrons. The van der Waals surface area contributed by atoms with Crippen molar-refractivity contribution < 1.29 is 14.5 Å². The molecule has 0 heterocycles. The lowest BCUT2D eigenvalue weighted by atomic mass is 10.1. The average molecular weight is 557 g/mol. The smallest absolute Gasteiger partial charge is 0.269 e. The van der Waals surface area contributed by atoms with Crippen LogP contribution in [0, 0.1) is 10.1 Å². The zero-order valence-corrected chi connectivity index (χ0v) is 22.4. The third-order valence-corrected chi connectivity index (χ3v) is 7.03. The number of benzene rings is 4. The first-order valence-electron chi connectivity index (χ1n) is 11.8. The van der Waals surface area contributed by atoms with Gasteiger partial charge >= 0.3 is 0 Å². The van der Waals surface area contributed by atoms with Gasteiger partial charge in [-0.1, -0.05) is 36.4 Å². The Morgan fingerprint density at radius 1 is 0.795 bits per heavy atom. The van der Waals surface area contributed by atoms with Crippen molar-refractivity contribution in [1.82, 2.24) is 0 Å². The number of hydrogen-bond acceptors (Lipinski definition) is 6. The second-order valence-electron chi connectivity index (χ2n) is 8.44. The summed E-state index contributed by atoms with van der Waals surface area (Å²) in [5.74, 6) is -0.267. The maximum absolute atomic E-state index is 13.3. The second-order valence-corrected chi connectivity index (χ2v) is 10.0. The van der Waals surface area contributed by atoms with Gasteiger partial charge < -0.3 is 16.0 Å². The third kappa shape index (κ3) is 7.73. The molecular weight excluding hydrogens is 532 g/mol. The number of anilines is 3. The number of amides is 1. The van der Waals surface area contributed by atoms with Gasteiger partial charge in [0.05, 0.1) is 4.92 Å². The van der Waals surface area contributed by atoms with Crippen molar-refractivity contribution in [3.05, 3.63) is 124 Å². The molecule has 0 saturated heterocycles. The number of ketones is 1. The summed E-state index contributed by atoms with van der Waals surface area (Å²) in [4.78, 5) is 36.1. The van der Waals surface area contributed by atoms with Gasteiger partial charge in [0.1, 0.15) is 5.25 Å². The molecule has 1 amide bonds. The van der Waals surface area contributed by atoms with E-state index in [1.54, 1.807) is 24.3 Å². The Bertz CT molecular complexity index is 1490. The summed E-state index contributed by atoms with van der Waals surface area (Å²) in [5, 5.41) is 19.8. The van der Waals surface area contributed by atoms with Gasteiger partial charge in [-0.2, -0.15) is 0 Å². The number of nitrogens with one attached hydrogen (secondary N) is 3. The van der Waals surface area contributed by atoms with Gasteiger partial charge in [0.15, 0.2) is 10.9 Å². The van der Waals surface area contributed by atoms with Crippen LogP contribution in [0.5, 0.6) is 0 Å². The van der Waals surface area contributed by atoms with Crippen LogP contribution in [0.2, 0.25) is 0 Å². The van der Waals surface area contributed by atoms with Crippen molar-refractivity contribution in [1.29, 1.82) is 0 Å². The molecular formula is C29H24N4O4S2. The molecule has 0 fully saturated rings. The van der Waals surface area contributed by atoms with Crippen molar-refractivity contribution in [3.63, 3.8) is 0 Å². The monoisotopic (exact) mass is 556 g/mol. The average Bonchev–Trinajstić information content (AvgIpc) is 2.93. The summed E-state index contributed by atoms with van der Waals surface area (Å²) in [6.45, 7) is 1.52. The quantitative estimate of drug-likeness (QED) is 0.0659. The Balaban J connectivity index is 1.46. The Labute approximate surface area is 235 Å². The number of rotatable bonds is 9. The van der Waals surface area contributed by atoms with Crippen LogP contribution in [0.4, 0.5) is 22.7 Å². The summed E-state index contributed by atoms with van der Waals surface area (Å²) >= 11 is 6.82. The summed E-state index contributed by atoms with van der Waals surface area (Å²) in [6.07, 6.45) is 0. The molecule has 4 rings (SSSR count). The predicted molar refractivity (Wildman–Crippen MR) is 159 cm³/mol. The number of carbonyl (C=O) groups excluding carboxylic acids is 2. The summed E-state index contributed by atoms with van der Waals surface area (Å²) < 4.78 is 0. The van der Waals surface area contributed by atoms with E-state index in [-0.39, 0.29) is 17.4 Å². The number of nitrogens with zero attached hydrogens (tertiary/aromatic N) is 1. The first kappa shape index (κ1) is 27.5. The molecule has 3 N–H and O–H groups in total. The third-order valence-electron chi connectivity index (χ3n) is 5.58. The highest BCUT2D eigenvalue weighted by Crippen LogP contribution is 2.37. The van der Waals surface area contributed by atoms with Gasteiger partial charge in [-0.15, -0.1) is 11.8 Å². The fraction of sp³-hybridized carbons (Fsp3) is 0.0690. The molecule has 0 spiro atoms. The first-order chi connectivity index (χ1) is 18.8. The van der Waals surface area contributed by atoms with Crippen molar-refractivity contribution in [2.75, 3.05) is 16.0 Å². The normalized spacial score (nSPS) is 11.2. The number of nitro groups is 1. The van der Waals surface area contributed by atoms with E-state index in [0.717, 1.165) is 21.8 Å². The molecule has 0 saturated carbocycles. The van der Waals surface area contributed by atoms with E-state index in [0.29, 0.717) is 16.4 Å². The lowest BCUT2D eigenvalue weighted by molar-refractivity contribution is -0.384. The van der Waals surface area contributed by atoms with Gasteiger partial charge in [-0.3, -0.25) is 19.7 Å². The Morgan fingerprint density at radius 2 is 1.41 bits per heavy atom. The number of hydrogen-bond donors (Lipinski definition) is 3. The maximum atomic E-state index is 13.3. The van der Waals surface area contributed by atoms with Gasteiger partial charge in [-0.25, -0.2) is 0 Å². The number of non-ortho nitro benzene ring substituents is 1. The van der Waals surface area contributed by atoms with Crippen LogP contribution in [0.25, 0.3) is 0 Å². The molecule has 39 heavy (non-hydrogen) atoms. The minimum Gasteiger partial charge on any atom is -0.332 e. The molecule has 4 aromatic rings. The molecule has 0 aliphatic carbocycles. The second kappa shape index (κ2) is 12.8. The Hall–Kier alpha value is -4.54. The Kier molecular flexibility index (Phi) is 9.03. The molecule has 0 aliphatic heterocycles. The van der Waals surface area contributed by atoms with Gasteiger partial charge in [0, 0.05) is 39.7 Å². The number of carbonyl (C=O) groups is 2. The van der Waals surface area contributed by atoms with Gasteiger partial charge in [0.25, 0.3) is 5.69 Å². The number of thioether (sulfide) groups is 1. The van der Waals surface area contributed by atoms with Crippen LogP contribution in [-0.2, 0) is 4.79 Å². The van der Waals surface area contributed by atoms with E-state index < -0.39 is 10.2 Å². The predicted octanol–water partition coefficient (Wildman–Crippen LogP) is 7.08. The highest BCUT2D eigenvalue weighted by atomic mass is 32.2. The van der Waals surface area contributed by atoms with Crippen molar-refractivity contribution in [3.8, 4) is 0 Å². The number of nitro benzene ring substituents is 1. The van der Waals surface area contributed by atoms with Crippen LogP contribution < -0.4 is 16.0 Å². The van der Waals surface area contributed by atoms with E-state index in [1.165, 1.54) is 43.0 Å². The summed E-state index contributed by atoms with van der Waals surface area (Å²) in [6, 6.07) is 29.7. The first-order valence-corrected chi connectivity index (χ1v) is 13.1. The molecule has 0 aromatic heterocycles. The van der Waals surface area contributed by atoms with Crippen molar-refractivity contribution in [2.24, 2.45) is 0 Å². The molecule has 10 heteroatoms. The highest BCUT2D eigenvalue weighted by Gasteiger charge is 2.22. The summed E-state index contributed by atoms with van der Waals surface area (Å²) in [7, 11) is 0. The highest BCUT2D eigenvalue weighted by molar-refractivity contribution is 8.00. The standard InChI is InChI=1S/C29H24N4O4S2/c1-19(34)20-10-12-23(13-11-20)31-29(38)32-24-8-5-9-26(18-24)39-27(21-6-3-2-4-7-21)28(35)30-22-14-16-25(17-15-22)33(36)37/h2-18,27H,1H3,(H,30,35)(H2,31,32,38). The van der Waals surface area contributed by atoms with E-state index in [1.807, 2.05) is 54.6 Å².